The Hall–Kier alpha value is -0.410. The molecule has 5 atom stereocenters. The Kier molecular flexibility index (Phi) is 4.91. The lowest BCUT2D eigenvalue weighted by Crippen LogP contribution is -2.34. The number of ketones is 1. The smallest absolute Gasteiger partial charge is 0.161 e. The Balaban J connectivity index is 2.16. The van der Waals surface area contributed by atoms with Gasteiger partial charge in [0.2, 0.25) is 0 Å². The molecule has 116 valence electrons. The summed E-state index contributed by atoms with van der Waals surface area (Å²) in [5.41, 5.74) is 0.185. The molecule has 0 amide bonds. The van der Waals surface area contributed by atoms with Gasteiger partial charge in [-0.3, -0.25) is 0 Å². The van der Waals surface area contributed by atoms with Crippen LogP contribution in [0.15, 0.2) is 0 Å². The summed E-state index contributed by atoms with van der Waals surface area (Å²) in [7, 11) is 0. The maximum absolute atomic E-state index is 11.3. The van der Waals surface area contributed by atoms with Gasteiger partial charge in [0.1, 0.15) is 5.78 Å². The van der Waals surface area contributed by atoms with E-state index >= 15 is 0 Å². The number of rotatable bonds is 6. The van der Waals surface area contributed by atoms with E-state index in [2.05, 4.69) is 20.8 Å². The maximum atomic E-state index is 11.3. The number of carbonyl (C=O) groups is 1. The van der Waals surface area contributed by atoms with Crippen molar-refractivity contribution in [3.05, 3.63) is 0 Å². The highest BCUT2D eigenvalue weighted by molar-refractivity contribution is 5.75. The van der Waals surface area contributed by atoms with Gasteiger partial charge in [0.15, 0.2) is 6.29 Å². The van der Waals surface area contributed by atoms with Gasteiger partial charge in [-0.25, -0.2) is 0 Å². The third-order valence-electron chi connectivity index (χ3n) is 5.51. The van der Waals surface area contributed by atoms with Crippen molar-refractivity contribution in [1.29, 1.82) is 0 Å². The molecule has 3 heteroatoms. The second kappa shape index (κ2) is 6.15. The molecule has 1 saturated heterocycles. The fourth-order valence-electron chi connectivity index (χ4n) is 4.39. The van der Waals surface area contributed by atoms with Crippen LogP contribution in [0, 0.1) is 23.2 Å². The molecule has 2 aliphatic rings. The Morgan fingerprint density at radius 2 is 2.15 bits per heavy atom. The standard InChI is InChI=1S/C17H30O3/c1-6-19-16-15-13(11(2)3)9-10-17(15,5)14(20-16)8-7-12(4)18/h11,13-16H,6-10H2,1-5H3/t13-,14+,15+,16+,17-/m1/s1. The second-order valence-electron chi connectivity index (χ2n) is 7.17. The quantitative estimate of drug-likeness (QED) is 0.743. The third kappa shape index (κ3) is 2.80. The van der Waals surface area contributed by atoms with Crippen LogP contribution in [-0.4, -0.2) is 24.8 Å². The molecule has 3 nitrogen and oxygen atoms in total. The van der Waals surface area contributed by atoms with Crippen molar-refractivity contribution in [2.24, 2.45) is 23.2 Å². The van der Waals surface area contributed by atoms with Crippen LogP contribution in [-0.2, 0) is 14.3 Å². The van der Waals surface area contributed by atoms with Crippen LogP contribution in [0.3, 0.4) is 0 Å². The van der Waals surface area contributed by atoms with E-state index in [4.69, 9.17) is 9.47 Å². The zero-order chi connectivity index (χ0) is 14.9. The van der Waals surface area contributed by atoms with E-state index in [-0.39, 0.29) is 23.6 Å². The topological polar surface area (TPSA) is 35.5 Å². The minimum Gasteiger partial charge on any atom is -0.353 e. The highest BCUT2D eigenvalue weighted by Gasteiger charge is 2.59. The number of carbonyl (C=O) groups excluding carboxylic acids is 1. The van der Waals surface area contributed by atoms with Crippen LogP contribution in [0.1, 0.15) is 60.3 Å². The molecule has 0 N–H and O–H groups in total. The Labute approximate surface area is 123 Å². The lowest BCUT2D eigenvalue weighted by atomic mass is 9.71. The predicted octanol–water partition coefficient (Wildman–Crippen LogP) is 3.81. The fourth-order valence-corrected chi connectivity index (χ4v) is 4.39. The first-order chi connectivity index (χ1) is 9.40. The second-order valence-corrected chi connectivity index (χ2v) is 7.17. The average Bonchev–Trinajstić information content (AvgIpc) is 2.82. The summed E-state index contributed by atoms with van der Waals surface area (Å²) in [6.07, 6.45) is 4.04. The lowest BCUT2D eigenvalue weighted by Gasteiger charge is -2.32. The molecule has 0 aromatic rings. The van der Waals surface area contributed by atoms with Gasteiger partial charge in [0.25, 0.3) is 0 Å². The molecule has 1 aliphatic carbocycles. The molecule has 2 rings (SSSR count). The first kappa shape index (κ1) is 16.0. The Morgan fingerprint density at radius 1 is 1.45 bits per heavy atom. The number of Topliss-reactive ketones (excluding diaryl/α,β-unsaturated/α-hetero) is 1. The van der Waals surface area contributed by atoms with Crippen LogP contribution in [0.25, 0.3) is 0 Å². The van der Waals surface area contributed by atoms with Crippen LogP contribution >= 0.6 is 0 Å². The first-order valence-corrected chi connectivity index (χ1v) is 8.16. The molecule has 1 saturated carbocycles. The Bertz CT molecular complexity index is 352. The molecule has 2 fully saturated rings. The van der Waals surface area contributed by atoms with Crippen molar-refractivity contribution in [3.63, 3.8) is 0 Å². The molecule has 0 radical (unpaired) electrons. The number of hydrogen-bond donors (Lipinski definition) is 0. The average molecular weight is 282 g/mol. The largest absolute Gasteiger partial charge is 0.353 e. The molecule has 1 heterocycles. The van der Waals surface area contributed by atoms with E-state index in [0.29, 0.717) is 30.8 Å². The summed E-state index contributed by atoms with van der Waals surface area (Å²) in [6, 6.07) is 0. The van der Waals surface area contributed by atoms with Crippen molar-refractivity contribution >= 4 is 5.78 Å². The van der Waals surface area contributed by atoms with Gasteiger partial charge in [-0.05, 0) is 44.9 Å². The van der Waals surface area contributed by atoms with Crippen molar-refractivity contribution in [2.45, 2.75) is 72.7 Å². The van der Waals surface area contributed by atoms with E-state index in [0.717, 1.165) is 6.42 Å². The molecule has 0 unspecified atom stereocenters. The molecule has 0 bridgehead atoms. The van der Waals surface area contributed by atoms with Crippen molar-refractivity contribution in [1.82, 2.24) is 0 Å². The van der Waals surface area contributed by atoms with Gasteiger partial charge in [-0.15, -0.1) is 0 Å². The zero-order valence-corrected chi connectivity index (χ0v) is 13.6. The summed E-state index contributed by atoms with van der Waals surface area (Å²) >= 11 is 0. The monoisotopic (exact) mass is 282 g/mol. The van der Waals surface area contributed by atoms with Gasteiger partial charge in [-0.1, -0.05) is 20.8 Å². The maximum Gasteiger partial charge on any atom is 0.161 e. The highest BCUT2D eigenvalue weighted by atomic mass is 16.7. The van der Waals surface area contributed by atoms with Gasteiger partial charge >= 0.3 is 0 Å². The van der Waals surface area contributed by atoms with Crippen LogP contribution < -0.4 is 0 Å². The highest BCUT2D eigenvalue weighted by Crippen LogP contribution is 2.59. The summed E-state index contributed by atoms with van der Waals surface area (Å²) in [6.45, 7) is 11.4. The van der Waals surface area contributed by atoms with Crippen molar-refractivity contribution < 1.29 is 14.3 Å². The molecular weight excluding hydrogens is 252 g/mol. The van der Waals surface area contributed by atoms with E-state index in [1.807, 2.05) is 6.92 Å². The number of fused-ring (bicyclic) bond motifs is 1. The van der Waals surface area contributed by atoms with E-state index < -0.39 is 0 Å². The molecule has 0 aromatic heterocycles. The predicted molar refractivity (Wildman–Crippen MR) is 79.4 cm³/mol. The normalized spacial score (nSPS) is 40.3. The summed E-state index contributed by atoms with van der Waals surface area (Å²) < 4.78 is 12.1. The number of ether oxygens (including phenoxy) is 2. The summed E-state index contributed by atoms with van der Waals surface area (Å²) in [5.74, 6) is 2.09. The van der Waals surface area contributed by atoms with Crippen LogP contribution in [0.2, 0.25) is 0 Å². The van der Waals surface area contributed by atoms with E-state index in [1.165, 1.54) is 12.8 Å². The van der Waals surface area contributed by atoms with Gasteiger partial charge in [0.05, 0.1) is 6.10 Å². The molecule has 0 aromatic carbocycles. The van der Waals surface area contributed by atoms with E-state index in [1.54, 1.807) is 6.92 Å². The van der Waals surface area contributed by atoms with Crippen molar-refractivity contribution in [3.8, 4) is 0 Å². The van der Waals surface area contributed by atoms with Gasteiger partial charge in [-0.2, -0.15) is 0 Å². The van der Waals surface area contributed by atoms with Crippen LogP contribution in [0.4, 0.5) is 0 Å². The summed E-state index contributed by atoms with van der Waals surface area (Å²) in [4.78, 5) is 11.3. The zero-order valence-electron chi connectivity index (χ0n) is 13.6. The molecule has 20 heavy (non-hydrogen) atoms. The lowest BCUT2D eigenvalue weighted by molar-refractivity contribution is -0.157. The number of hydrogen-bond acceptors (Lipinski definition) is 3. The minimum atomic E-state index is -0.0724. The first-order valence-electron chi connectivity index (χ1n) is 8.16. The molecule has 1 aliphatic heterocycles. The molecule has 0 spiro atoms. The third-order valence-corrected chi connectivity index (χ3v) is 5.51. The van der Waals surface area contributed by atoms with Crippen molar-refractivity contribution in [2.75, 3.05) is 6.61 Å². The molecular formula is C17H30O3. The minimum absolute atomic E-state index is 0.0724. The van der Waals surface area contributed by atoms with Crippen LogP contribution in [0.5, 0.6) is 0 Å². The van der Waals surface area contributed by atoms with E-state index in [9.17, 15) is 4.79 Å². The van der Waals surface area contributed by atoms with Gasteiger partial charge < -0.3 is 14.3 Å². The van der Waals surface area contributed by atoms with Gasteiger partial charge in [0, 0.05) is 24.4 Å². The Morgan fingerprint density at radius 3 is 2.70 bits per heavy atom. The fraction of sp³-hybridized carbons (Fsp3) is 0.941. The SMILES string of the molecule is CCO[C@H]1O[C@@H](CCC(C)=O)[C@@]2(C)CC[C@H](C(C)C)[C@@H]12. The summed E-state index contributed by atoms with van der Waals surface area (Å²) in [5, 5.41) is 0.